The maximum Gasteiger partial charge on any atom is 0.249 e. The SMILES string of the molecule is c1cc2c3c(c1)-c1cccc4ccc5c(c14)B3c1c(ccc3cccc-2c13)N5c1c2ccccc2c(-c2cccc3ccccc23)c2ccccc12. The van der Waals surface area contributed by atoms with Gasteiger partial charge in [0, 0.05) is 22.1 Å². The number of anilines is 3. The average molecular weight is 654 g/mol. The third-order valence-electron chi connectivity index (χ3n) is 12.3. The van der Waals surface area contributed by atoms with E-state index in [4.69, 9.17) is 0 Å². The number of hydrogen-bond donors (Lipinski definition) is 0. The Kier molecular flexibility index (Phi) is 4.99. The van der Waals surface area contributed by atoms with Crippen molar-refractivity contribution in [3.8, 4) is 33.4 Å². The second-order valence-corrected chi connectivity index (χ2v) is 14.7. The van der Waals surface area contributed by atoms with E-state index in [2.05, 4.69) is 175 Å². The molecule has 236 valence electrons. The summed E-state index contributed by atoms with van der Waals surface area (Å²) in [6, 6.07) is 64.0. The Balaban J connectivity index is 1.24. The summed E-state index contributed by atoms with van der Waals surface area (Å²) in [6.45, 7) is 0.164. The summed E-state index contributed by atoms with van der Waals surface area (Å²) in [4.78, 5) is 2.64. The van der Waals surface area contributed by atoms with Gasteiger partial charge < -0.3 is 4.90 Å². The molecule has 0 amide bonds. The largest absolute Gasteiger partial charge is 0.310 e. The number of hydrogen-bond acceptors (Lipinski definition) is 1. The van der Waals surface area contributed by atoms with E-state index in [1.807, 2.05) is 0 Å². The summed E-state index contributed by atoms with van der Waals surface area (Å²) >= 11 is 0. The number of rotatable bonds is 2. The molecule has 0 bridgehead atoms. The first kappa shape index (κ1) is 27.1. The van der Waals surface area contributed by atoms with Crippen molar-refractivity contribution in [3.05, 3.63) is 170 Å². The summed E-state index contributed by atoms with van der Waals surface area (Å²) < 4.78 is 0. The highest BCUT2D eigenvalue weighted by Gasteiger charge is 2.45. The van der Waals surface area contributed by atoms with Crippen LogP contribution in [0.4, 0.5) is 17.1 Å². The fraction of sp³-hybridized carbons (Fsp3) is 0. The molecule has 0 saturated heterocycles. The minimum absolute atomic E-state index is 0.164. The van der Waals surface area contributed by atoms with Gasteiger partial charge in [0.1, 0.15) is 0 Å². The first-order valence-corrected chi connectivity index (χ1v) is 18.3. The Morgan fingerprint density at radius 2 is 0.750 bits per heavy atom. The van der Waals surface area contributed by atoms with Crippen molar-refractivity contribution in [1.82, 2.24) is 0 Å². The molecule has 0 spiro atoms. The van der Waals surface area contributed by atoms with E-state index in [1.165, 1.54) is 121 Å². The fourth-order valence-electron chi connectivity index (χ4n) is 10.4. The highest BCUT2D eigenvalue weighted by atomic mass is 15.2. The fourth-order valence-corrected chi connectivity index (χ4v) is 10.4. The number of nitrogens with zero attached hydrogens (tertiary/aromatic N) is 1. The Labute approximate surface area is 301 Å². The van der Waals surface area contributed by atoms with E-state index >= 15 is 0 Å². The van der Waals surface area contributed by atoms with Crippen molar-refractivity contribution in [1.29, 1.82) is 0 Å². The quantitative estimate of drug-likeness (QED) is 0.133. The molecule has 10 aromatic rings. The molecule has 0 atom stereocenters. The van der Waals surface area contributed by atoms with Crippen LogP contribution in [0.1, 0.15) is 0 Å². The lowest BCUT2D eigenvalue weighted by Crippen LogP contribution is -2.61. The summed E-state index contributed by atoms with van der Waals surface area (Å²) in [7, 11) is 0. The predicted molar refractivity (Wildman–Crippen MR) is 223 cm³/mol. The molecule has 10 aromatic carbocycles. The van der Waals surface area contributed by atoms with Crippen LogP contribution in [-0.2, 0) is 0 Å². The highest BCUT2D eigenvalue weighted by molar-refractivity contribution is 7.03. The molecule has 0 saturated carbocycles. The third kappa shape index (κ3) is 3.18. The molecule has 0 N–H and O–H groups in total. The van der Waals surface area contributed by atoms with Crippen LogP contribution in [0, 0.1) is 0 Å². The molecule has 0 aromatic heterocycles. The van der Waals surface area contributed by atoms with Crippen molar-refractivity contribution >= 4 is 94.0 Å². The molecule has 1 nitrogen and oxygen atoms in total. The Morgan fingerprint density at radius 1 is 0.308 bits per heavy atom. The molecule has 52 heavy (non-hydrogen) atoms. The molecule has 0 radical (unpaired) electrons. The monoisotopic (exact) mass is 653 g/mol. The van der Waals surface area contributed by atoms with Crippen LogP contribution in [0.25, 0.3) is 87.2 Å². The van der Waals surface area contributed by atoms with Crippen LogP contribution < -0.4 is 21.3 Å². The molecular weight excluding hydrogens is 625 g/mol. The van der Waals surface area contributed by atoms with Crippen molar-refractivity contribution in [2.45, 2.75) is 0 Å². The second-order valence-electron chi connectivity index (χ2n) is 14.7. The second kappa shape index (κ2) is 9.57. The zero-order valence-electron chi connectivity index (χ0n) is 28.2. The van der Waals surface area contributed by atoms with Gasteiger partial charge in [0.25, 0.3) is 0 Å². The van der Waals surface area contributed by atoms with Crippen molar-refractivity contribution in [2.24, 2.45) is 0 Å². The number of benzene rings is 10. The van der Waals surface area contributed by atoms with E-state index < -0.39 is 0 Å². The highest BCUT2D eigenvalue weighted by Crippen LogP contribution is 2.52. The maximum atomic E-state index is 2.64. The van der Waals surface area contributed by atoms with E-state index in [1.54, 1.807) is 0 Å². The van der Waals surface area contributed by atoms with Crippen molar-refractivity contribution in [2.75, 3.05) is 4.90 Å². The van der Waals surface area contributed by atoms with E-state index in [9.17, 15) is 0 Å². The molecule has 13 rings (SSSR count). The van der Waals surface area contributed by atoms with Gasteiger partial charge in [-0.15, -0.1) is 0 Å². The lowest BCUT2D eigenvalue weighted by molar-refractivity contribution is 1.33. The standard InChI is InChI=1S/C50H28BN/c1-2-15-32-29(11-1)12-7-20-33(32)46-36-16-3-5-18-40(36)50(41-19-6-4-17-37(41)46)52-42-27-25-30-13-8-21-34-38-23-10-24-39-35-22-9-14-31-26-28-43(52)49(45(31)35)51(47(38)39)48(42)44(30)34/h1-28H. The predicted octanol–water partition coefficient (Wildman–Crippen LogP) is 11.4. The molecule has 3 heterocycles. The van der Waals surface area contributed by atoms with Crippen LogP contribution in [-0.4, -0.2) is 6.71 Å². The van der Waals surface area contributed by atoms with E-state index in [0.29, 0.717) is 0 Å². The van der Waals surface area contributed by atoms with Crippen LogP contribution in [0.15, 0.2) is 170 Å². The van der Waals surface area contributed by atoms with Crippen LogP contribution in [0.5, 0.6) is 0 Å². The van der Waals surface area contributed by atoms with Crippen LogP contribution >= 0.6 is 0 Å². The summed E-state index contributed by atoms with van der Waals surface area (Å²) in [5, 5.41) is 13.0. The number of fused-ring (bicyclic) bond motifs is 5. The van der Waals surface area contributed by atoms with Gasteiger partial charge in [0.2, 0.25) is 6.71 Å². The van der Waals surface area contributed by atoms with E-state index in [0.717, 1.165) is 0 Å². The van der Waals surface area contributed by atoms with Gasteiger partial charge in [-0.3, -0.25) is 0 Å². The molecule has 2 heteroatoms. The van der Waals surface area contributed by atoms with Gasteiger partial charge in [-0.2, -0.15) is 0 Å². The maximum absolute atomic E-state index is 2.64. The van der Waals surface area contributed by atoms with Gasteiger partial charge in [-0.1, -0.05) is 163 Å². The third-order valence-corrected chi connectivity index (χ3v) is 12.3. The van der Waals surface area contributed by atoms with Crippen LogP contribution in [0.2, 0.25) is 0 Å². The first-order chi connectivity index (χ1) is 25.8. The topological polar surface area (TPSA) is 3.24 Å². The van der Waals surface area contributed by atoms with Gasteiger partial charge in [-0.05, 0) is 99.5 Å². The minimum atomic E-state index is 0.164. The van der Waals surface area contributed by atoms with Gasteiger partial charge in [0.15, 0.2) is 0 Å². The summed E-state index contributed by atoms with van der Waals surface area (Å²) in [6.07, 6.45) is 0. The van der Waals surface area contributed by atoms with Crippen LogP contribution in [0.3, 0.4) is 0 Å². The minimum Gasteiger partial charge on any atom is -0.310 e. The normalized spacial score (nSPS) is 13.3. The Hall–Kier alpha value is -6.64. The van der Waals surface area contributed by atoms with Crippen molar-refractivity contribution < 1.29 is 0 Å². The summed E-state index contributed by atoms with van der Waals surface area (Å²) in [5.74, 6) is 0. The van der Waals surface area contributed by atoms with Gasteiger partial charge in [0.05, 0.1) is 5.69 Å². The zero-order valence-corrected chi connectivity index (χ0v) is 28.2. The average Bonchev–Trinajstić information content (AvgIpc) is 3.21. The van der Waals surface area contributed by atoms with E-state index in [-0.39, 0.29) is 6.71 Å². The molecule has 0 unspecified atom stereocenters. The lowest BCUT2D eigenvalue weighted by Gasteiger charge is -2.44. The smallest absolute Gasteiger partial charge is 0.249 e. The van der Waals surface area contributed by atoms with Gasteiger partial charge in [-0.25, -0.2) is 0 Å². The molecule has 0 aliphatic carbocycles. The lowest BCUT2D eigenvalue weighted by atomic mass is 9.29. The molecule has 3 aliphatic heterocycles. The van der Waals surface area contributed by atoms with Gasteiger partial charge >= 0.3 is 0 Å². The first-order valence-electron chi connectivity index (χ1n) is 18.3. The molecule has 3 aliphatic rings. The summed E-state index contributed by atoms with van der Waals surface area (Å²) in [5.41, 5.74) is 16.2. The zero-order chi connectivity index (χ0) is 33.7. The van der Waals surface area contributed by atoms with Crippen molar-refractivity contribution in [3.63, 3.8) is 0 Å². The Morgan fingerprint density at radius 3 is 1.35 bits per heavy atom. The Bertz CT molecular complexity index is 3090. The molecular formula is C50H28BN. The molecule has 0 fully saturated rings.